The Kier molecular flexibility index (Phi) is 4.72. The molecular weight excluding hydrogens is 386 g/mol. The number of nitrogens with zero attached hydrogens (tertiary/aromatic N) is 2. The molecule has 0 radical (unpaired) electrons. The van der Waals surface area contributed by atoms with Gasteiger partial charge in [-0.2, -0.15) is 0 Å². The molecule has 3 fully saturated rings. The molecule has 0 spiro atoms. The topological polar surface area (TPSA) is 66.6 Å². The minimum Gasteiger partial charge on any atom is -0.351 e. The molecule has 5 heteroatoms. The molecule has 31 heavy (non-hydrogen) atoms. The molecule has 1 heterocycles. The van der Waals surface area contributed by atoms with Gasteiger partial charge in [0, 0.05) is 30.2 Å². The van der Waals surface area contributed by atoms with Crippen molar-refractivity contribution in [1.29, 1.82) is 0 Å². The van der Waals surface area contributed by atoms with Gasteiger partial charge < -0.3 is 10.6 Å². The Balaban J connectivity index is 1.47. The third-order valence-electron chi connectivity index (χ3n) is 9.66. The number of likely N-dealkylation sites (N-methyl/N-ethyl adjacent to an activating group) is 1. The number of hydrogen-bond donors (Lipinski definition) is 1. The van der Waals surface area contributed by atoms with Crippen molar-refractivity contribution in [1.82, 2.24) is 4.90 Å². The number of nitrogens with two attached hydrogens (primary N) is 1. The van der Waals surface area contributed by atoms with Gasteiger partial charge in [0.25, 0.3) is 0 Å². The molecule has 1 aromatic rings. The number of fused-ring (bicyclic) bond motifs is 5. The van der Waals surface area contributed by atoms with Crippen LogP contribution in [0.3, 0.4) is 0 Å². The zero-order valence-corrected chi connectivity index (χ0v) is 19.0. The van der Waals surface area contributed by atoms with E-state index in [1.165, 1.54) is 6.42 Å². The van der Waals surface area contributed by atoms with Crippen LogP contribution in [0.5, 0.6) is 0 Å². The van der Waals surface area contributed by atoms with E-state index in [9.17, 15) is 9.59 Å². The highest BCUT2D eigenvalue weighted by Crippen LogP contribution is 2.64. The smallest absolute Gasteiger partial charge is 0.319 e. The van der Waals surface area contributed by atoms with Gasteiger partial charge in [-0.15, -0.1) is 0 Å². The van der Waals surface area contributed by atoms with E-state index in [4.69, 9.17) is 5.73 Å². The van der Waals surface area contributed by atoms with Gasteiger partial charge in [0.1, 0.15) is 0 Å². The van der Waals surface area contributed by atoms with Crippen molar-refractivity contribution >= 4 is 17.6 Å². The van der Waals surface area contributed by atoms with Gasteiger partial charge in [0.05, 0.1) is 0 Å². The molecule has 7 atom stereocenters. The maximum Gasteiger partial charge on any atom is 0.319 e. The summed E-state index contributed by atoms with van der Waals surface area (Å²) in [4.78, 5) is 28.7. The van der Waals surface area contributed by atoms with Gasteiger partial charge in [-0.25, -0.2) is 4.79 Å². The fraction of sp³-hybridized carbons (Fsp3) is 0.615. The summed E-state index contributed by atoms with van der Waals surface area (Å²) < 4.78 is 0. The van der Waals surface area contributed by atoms with Crippen LogP contribution in [-0.4, -0.2) is 36.0 Å². The van der Waals surface area contributed by atoms with E-state index in [0.29, 0.717) is 23.8 Å². The maximum atomic E-state index is 12.6. The first-order chi connectivity index (χ1) is 14.8. The summed E-state index contributed by atoms with van der Waals surface area (Å²) in [7, 11) is 1.97. The van der Waals surface area contributed by atoms with Crippen LogP contribution in [0.15, 0.2) is 42.5 Å². The fourth-order valence-corrected chi connectivity index (χ4v) is 8.18. The third-order valence-corrected chi connectivity index (χ3v) is 9.66. The lowest BCUT2D eigenvalue weighted by atomic mass is 9.48. The number of carbonyl (C=O) groups is 2. The van der Waals surface area contributed by atoms with Gasteiger partial charge in [0.15, 0.2) is 0 Å². The molecule has 0 unspecified atom stereocenters. The summed E-state index contributed by atoms with van der Waals surface area (Å²) in [6.45, 7) is 4.79. The van der Waals surface area contributed by atoms with Gasteiger partial charge in [-0.1, -0.05) is 38.1 Å². The van der Waals surface area contributed by atoms with Crippen LogP contribution in [0.2, 0.25) is 0 Å². The van der Waals surface area contributed by atoms with Crippen LogP contribution in [0.4, 0.5) is 10.5 Å². The number of amides is 3. The standard InChI is InChI=1S/C26H35N3O2/c1-25-16-14-23(30)28(3)21(25)11-9-18-19-10-12-22(26(19,2)15-13-20(18)25)29(24(27)31)17-7-5-4-6-8-17/h4-8,14,16,18-22H,9-13,15H2,1-3H3,(H2,27,31)/t18-,19-,20-,21+,22-,25+,26-/m0/s1. The Morgan fingerprint density at radius 2 is 1.81 bits per heavy atom. The highest BCUT2D eigenvalue weighted by Gasteiger charge is 2.61. The average Bonchev–Trinajstić information content (AvgIpc) is 3.09. The van der Waals surface area contributed by atoms with Crippen molar-refractivity contribution in [2.24, 2.45) is 34.3 Å². The quantitative estimate of drug-likeness (QED) is 0.759. The lowest BCUT2D eigenvalue weighted by Crippen LogP contribution is -2.61. The van der Waals surface area contributed by atoms with Gasteiger partial charge >= 0.3 is 6.03 Å². The van der Waals surface area contributed by atoms with E-state index in [1.54, 1.807) is 6.08 Å². The number of rotatable bonds is 2. The number of primary amides is 1. The third kappa shape index (κ3) is 2.88. The first-order valence-electron chi connectivity index (χ1n) is 11.9. The molecule has 5 nitrogen and oxygen atoms in total. The highest BCUT2D eigenvalue weighted by atomic mass is 16.2. The van der Waals surface area contributed by atoms with Crippen LogP contribution in [-0.2, 0) is 4.79 Å². The lowest BCUT2D eigenvalue weighted by Gasteiger charge is -2.60. The van der Waals surface area contributed by atoms with E-state index < -0.39 is 0 Å². The van der Waals surface area contributed by atoms with Crippen molar-refractivity contribution in [2.75, 3.05) is 11.9 Å². The number of hydrogen-bond acceptors (Lipinski definition) is 2. The molecule has 0 bridgehead atoms. The maximum absolute atomic E-state index is 12.6. The summed E-state index contributed by atoms with van der Waals surface area (Å²) in [5, 5.41) is 0. The molecule has 3 aliphatic carbocycles. The van der Waals surface area contributed by atoms with Crippen molar-refractivity contribution < 1.29 is 9.59 Å². The molecule has 4 aliphatic rings. The number of benzene rings is 1. The van der Waals surface area contributed by atoms with Crippen LogP contribution in [0.1, 0.15) is 52.4 Å². The number of urea groups is 1. The predicted molar refractivity (Wildman–Crippen MR) is 122 cm³/mol. The molecule has 166 valence electrons. The van der Waals surface area contributed by atoms with Crippen molar-refractivity contribution in [3.8, 4) is 0 Å². The van der Waals surface area contributed by atoms with Crippen LogP contribution in [0, 0.1) is 28.6 Å². The predicted octanol–water partition coefficient (Wildman–Crippen LogP) is 4.58. The van der Waals surface area contributed by atoms with Gasteiger partial charge in [-0.05, 0) is 79.9 Å². The number of anilines is 1. The van der Waals surface area contributed by atoms with E-state index in [2.05, 4.69) is 19.9 Å². The molecule has 1 aliphatic heterocycles. The minimum absolute atomic E-state index is 0.0494. The summed E-state index contributed by atoms with van der Waals surface area (Å²) in [6.07, 6.45) is 10.7. The summed E-state index contributed by atoms with van der Waals surface area (Å²) in [5.74, 6) is 1.97. The molecular formula is C26H35N3O2. The van der Waals surface area contributed by atoms with Gasteiger partial charge in [0.2, 0.25) is 5.91 Å². The zero-order chi connectivity index (χ0) is 22.0. The zero-order valence-electron chi connectivity index (χ0n) is 19.0. The Morgan fingerprint density at radius 1 is 1.06 bits per heavy atom. The SMILES string of the molecule is CN1C(=O)C=C[C@]2(C)[C@H]3CC[C@]4(C)[C@@H](N(C(N)=O)c5ccccc5)CC[C@H]4[C@@H]3CC[C@@H]12. The Hall–Kier alpha value is -2.30. The minimum atomic E-state index is -0.341. The van der Waals surface area contributed by atoms with E-state index in [0.717, 1.165) is 37.8 Å². The first-order valence-corrected chi connectivity index (χ1v) is 11.9. The second-order valence-electron chi connectivity index (χ2n) is 10.8. The summed E-state index contributed by atoms with van der Waals surface area (Å²) >= 11 is 0. The van der Waals surface area contributed by atoms with Crippen LogP contribution in [0.25, 0.3) is 0 Å². The first kappa shape index (κ1) is 20.6. The van der Waals surface area contributed by atoms with E-state index in [1.807, 2.05) is 47.2 Å². The highest BCUT2D eigenvalue weighted by molar-refractivity contribution is 5.91. The monoisotopic (exact) mass is 421 g/mol. The summed E-state index contributed by atoms with van der Waals surface area (Å²) in [5.41, 5.74) is 6.98. The number of para-hydroxylation sites is 1. The van der Waals surface area contributed by atoms with Crippen LogP contribution < -0.4 is 10.6 Å². The Morgan fingerprint density at radius 3 is 2.52 bits per heavy atom. The summed E-state index contributed by atoms with van der Waals surface area (Å²) in [6, 6.07) is 10.0. The molecule has 1 aromatic carbocycles. The Bertz CT molecular complexity index is 914. The molecule has 0 saturated heterocycles. The van der Waals surface area contributed by atoms with Crippen molar-refractivity contribution in [3.05, 3.63) is 42.5 Å². The molecule has 2 N–H and O–H groups in total. The molecule has 3 amide bonds. The molecule has 3 saturated carbocycles. The normalized spacial score (nSPS) is 41.3. The molecule has 0 aromatic heterocycles. The second kappa shape index (κ2) is 7.11. The fourth-order valence-electron chi connectivity index (χ4n) is 8.18. The van der Waals surface area contributed by atoms with E-state index in [-0.39, 0.29) is 28.8 Å². The largest absolute Gasteiger partial charge is 0.351 e. The van der Waals surface area contributed by atoms with Crippen molar-refractivity contribution in [3.63, 3.8) is 0 Å². The lowest BCUT2D eigenvalue weighted by molar-refractivity contribution is -0.138. The van der Waals surface area contributed by atoms with Crippen LogP contribution >= 0.6 is 0 Å². The second-order valence-corrected chi connectivity index (χ2v) is 10.8. The van der Waals surface area contributed by atoms with Gasteiger partial charge in [-0.3, -0.25) is 9.69 Å². The average molecular weight is 422 g/mol. The Labute approximate surface area is 185 Å². The van der Waals surface area contributed by atoms with Crippen molar-refractivity contribution in [2.45, 2.75) is 64.5 Å². The molecule has 5 rings (SSSR count). The number of carbonyl (C=O) groups excluding carboxylic acids is 2. The van der Waals surface area contributed by atoms with E-state index >= 15 is 0 Å².